The van der Waals surface area contributed by atoms with E-state index in [2.05, 4.69) is 0 Å². The lowest BCUT2D eigenvalue weighted by molar-refractivity contribution is -0.121. The maximum Gasteiger partial charge on any atom is 0.227 e. The topological polar surface area (TPSA) is 75.8 Å². The molecule has 0 saturated heterocycles. The first-order valence-corrected chi connectivity index (χ1v) is 7.53. The summed E-state index contributed by atoms with van der Waals surface area (Å²) in [5.74, 6) is 0.391. The summed E-state index contributed by atoms with van der Waals surface area (Å²) in [6, 6.07) is 7.25. The van der Waals surface area contributed by atoms with E-state index >= 15 is 0 Å². The molecule has 116 valence electrons. The van der Waals surface area contributed by atoms with Crippen LogP contribution in [0.15, 0.2) is 24.3 Å². The number of carbonyl (C=O) groups excluding carboxylic acids is 1. The number of nitrogen functional groups attached to an aromatic ring is 1. The van der Waals surface area contributed by atoms with Crippen molar-refractivity contribution < 1.29 is 14.6 Å². The smallest absolute Gasteiger partial charge is 0.227 e. The fraction of sp³-hybridized carbons (Fsp3) is 0.562. The van der Waals surface area contributed by atoms with Crippen LogP contribution >= 0.6 is 0 Å². The molecule has 0 unspecified atom stereocenters. The van der Waals surface area contributed by atoms with E-state index in [1.54, 1.807) is 11.0 Å². The third-order valence-electron chi connectivity index (χ3n) is 3.91. The molecule has 2 rings (SSSR count). The van der Waals surface area contributed by atoms with Crippen LogP contribution in [0.2, 0.25) is 0 Å². The van der Waals surface area contributed by atoms with Gasteiger partial charge in [0.05, 0.1) is 24.1 Å². The number of rotatable bonds is 7. The van der Waals surface area contributed by atoms with Crippen LogP contribution in [0.3, 0.4) is 0 Å². The Bertz CT molecular complexity index is 472. The standard InChI is InChI=1S/C16H24N2O3/c1-2-21-13-9-12(10-13)11-16(20)18(7-8-19)15-6-4-3-5-14(15)17/h3-6,12-13,19H,2,7-11,17H2,1H3. The van der Waals surface area contributed by atoms with Gasteiger partial charge in [-0.1, -0.05) is 12.1 Å². The third kappa shape index (κ3) is 3.95. The van der Waals surface area contributed by atoms with Gasteiger partial charge in [-0.2, -0.15) is 0 Å². The van der Waals surface area contributed by atoms with Gasteiger partial charge in [0, 0.05) is 19.6 Å². The number of aliphatic hydroxyl groups is 1. The number of benzene rings is 1. The summed E-state index contributed by atoms with van der Waals surface area (Å²) in [7, 11) is 0. The molecule has 0 aliphatic heterocycles. The molecule has 1 amide bonds. The molecular weight excluding hydrogens is 268 g/mol. The number of anilines is 2. The van der Waals surface area contributed by atoms with Crippen LogP contribution in [-0.4, -0.2) is 36.9 Å². The minimum Gasteiger partial charge on any atom is -0.397 e. The van der Waals surface area contributed by atoms with E-state index in [0.29, 0.717) is 29.8 Å². The van der Waals surface area contributed by atoms with Crippen molar-refractivity contribution in [3.05, 3.63) is 24.3 Å². The Morgan fingerprint density at radius 1 is 1.43 bits per heavy atom. The zero-order valence-electron chi connectivity index (χ0n) is 12.5. The zero-order chi connectivity index (χ0) is 15.2. The van der Waals surface area contributed by atoms with Crippen molar-refractivity contribution >= 4 is 17.3 Å². The molecule has 1 saturated carbocycles. The van der Waals surface area contributed by atoms with Crippen molar-refractivity contribution in [1.29, 1.82) is 0 Å². The molecule has 21 heavy (non-hydrogen) atoms. The van der Waals surface area contributed by atoms with Gasteiger partial charge >= 0.3 is 0 Å². The van der Waals surface area contributed by atoms with Gasteiger partial charge in [0.1, 0.15) is 0 Å². The SMILES string of the molecule is CCOC1CC(CC(=O)N(CCO)c2ccccc2N)C1. The Morgan fingerprint density at radius 3 is 2.76 bits per heavy atom. The molecule has 1 aliphatic carbocycles. The Kier molecular flexibility index (Phi) is 5.59. The van der Waals surface area contributed by atoms with Crippen molar-refractivity contribution in [2.75, 3.05) is 30.4 Å². The highest BCUT2D eigenvalue weighted by Crippen LogP contribution is 2.34. The molecule has 0 radical (unpaired) electrons. The predicted molar refractivity (Wildman–Crippen MR) is 83.0 cm³/mol. The minimum absolute atomic E-state index is 0.0156. The summed E-state index contributed by atoms with van der Waals surface area (Å²) in [6.07, 6.45) is 2.67. The molecule has 5 nitrogen and oxygen atoms in total. The molecule has 1 aromatic rings. The summed E-state index contributed by atoms with van der Waals surface area (Å²) in [6.45, 7) is 2.91. The maximum atomic E-state index is 12.5. The Labute approximate surface area is 125 Å². The van der Waals surface area contributed by atoms with Crippen molar-refractivity contribution in [3.8, 4) is 0 Å². The van der Waals surface area contributed by atoms with Gasteiger partial charge in [0.15, 0.2) is 0 Å². The molecule has 0 atom stereocenters. The average molecular weight is 292 g/mol. The van der Waals surface area contributed by atoms with Gasteiger partial charge < -0.3 is 20.5 Å². The van der Waals surface area contributed by atoms with Crippen molar-refractivity contribution in [2.45, 2.75) is 32.3 Å². The van der Waals surface area contributed by atoms with Gasteiger partial charge in [-0.25, -0.2) is 0 Å². The van der Waals surface area contributed by atoms with E-state index in [4.69, 9.17) is 10.5 Å². The van der Waals surface area contributed by atoms with Crippen LogP contribution in [0.25, 0.3) is 0 Å². The van der Waals surface area contributed by atoms with E-state index < -0.39 is 0 Å². The molecule has 0 aromatic heterocycles. The highest BCUT2D eigenvalue weighted by atomic mass is 16.5. The Morgan fingerprint density at radius 2 is 2.14 bits per heavy atom. The van der Waals surface area contributed by atoms with Crippen LogP contribution in [0.5, 0.6) is 0 Å². The number of hydrogen-bond donors (Lipinski definition) is 2. The molecule has 3 N–H and O–H groups in total. The molecule has 1 aromatic carbocycles. The van der Waals surface area contributed by atoms with E-state index in [1.807, 2.05) is 25.1 Å². The molecule has 0 heterocycles. The van der Waals surface area contributed by atoms with E-state index in [1.165, 1.54) is 0 Å². The monoisotopic (exact) mass is 292 g/mol. The van der Waals surface area contributed by atoms with E-state index in [9.17, 15) is 9.90 Å². The highest BCUT2D eigenvalue weighted by molar-refractivity contribution is 5.96. The quantitative estimate of drug-likeness (QED) is 0.751. The van der Waals surface area contributed by atoms with Crippen molar-refractivity contribution in [1.82, 2.24) is 0 Å². The second-order valence-electron chi connectivity index (χ2n) is 5.45. The number of nitrogens with two attached hydrogens (primary N) is 1. The first-order valence-electron chi connectivity index (χ1n) is 7.53. The summed E-state index contributed by atoms with van der Waals surface area (Å²) in [4.78, 5) is 14.1. The molecule has 0 spiro atoms. The number of aliphatic hydroxyl groups excluding tert-OH is 1. The summed E-state index contributed by atoms with van der Waals surface area (Å²) in [5, 5.41) is 9.20. The van der Waals surface area contributed by atoms with E-state index in [0.717, 1.165) is 19.4 Å². The minimum atomic E-state index is -0.0771. The van der Waals surface area contributed by atoms with Gasteiger partial charge in [-0.05, 0) is 37.8 Å². The summed E-state index contributed by atoms with van der Waals surface area (Å²) < 4.78 is 5.52. The summed E-state index contributed by atoms with van der Waals surface area (Å²) in [5.41, 5.74) is 7.17. The fourth-order valence-corrected chi connectivity index (χ4v) is 2.78. The van der Waals surface area contributed by atoms with Crippen LogP contribution in [0.4, 0.5) is 11.4 Å². The van der Waals surface area contributed by atoms with Gasteiger partial charge in [-0.3, -0.25) is 4.79 Å². The van der Waals surface area contributed by atoms with Crippen molar-refractivity contribution in [2.24, 2.45) is 5.92 Å². The second-order valence-corrected chi connectivity index (χ2v) is 5.45. The molecular formula is C16H24N2O3. The van der Waals surface area contributed by atoms with Crippen LogP contribution in [0, 0.1) is 5.92 Å². The largest absolute Gasteiger partial charge is 0.397 e. The van der Waals surface area contributed by atoms with Crippen LogP contribution < -0.4 is 10.6 Å². The number of nitrogens with zero attached hydrogens (tertiary/aromatic N) is 1. The van der Waals surface area contributed by atoms with Gasteiger partial charge in [-0.15, -0.1) is 0 Å². The maximum absolute atomic E-state index is 12.5. The van der Waals surface area contributed by atoms with E-state index in [-0.39, 0.29) is 19.1 Å². The zero-order valence-corrected chi connectivity index (χ0v) is 12.5. The number of para-hydroxylation sites is 2. The van der Waals surface area contributed by atoms with Crippen LogP contribution in [-0.2, 0) is 9.53 Å². The number of amides is 1. The number of ether oxygens (including phenoxy) is 1. The summed E-state index contributed by atoms with van der Waals surface area (Å²) >= 11 is 0. The lowest BCUT2D eigenvalue weighted by Gasteiger charge is -2.35. The average Bonchev–Trinajstić information content (AvgIpc) is 2.43. The van der Waals surface area contributed by atoms with Gasteiger partial charge in [0.25, 0.3) is 0 Å². The number of hydrogen-bond acceptors (Lipinski definition) is 4. The number of carbonyl (C=O) groups is 1. The normalized spacial score (nSPS) is 20.9. The molecule has 0 bridgehead atoms. The Balaban J connectivity index is 1.96. The predicted octanol–water partition coefficient (Wildman–Crippen LogP) is 1.80. The first-order chi connectivity index (χ1) is 10.2. The Hall–Kier alpha value is -1.59. The first kappa shape index (κ1) is 15.8. The molecule has 5 heteroatoms. The highest BCUT2D eigenvalue weighted by Gasteiger charge is 2.32. The third-order valence-corrected chi connectivity index (χ3v) is 3.91. The molecule has 1 fully saturated rings. The second kappa shape index (κ2) is 7.43. The lowest BCUT2D eigenvalue weighted by atomic mass is 9.79. The fourth-order valence-electron chi connectivity index (χ4n) is 2.78. The van der Waals surface area contributed by atoms with Gasteiger partial charge in [0.2, 0.25) is 5.91 Å². The molecule has 1 aliphatic rings. The van der Waals surface area contributed by atoms with Crippen molar-refractivity contribution in [3.63, 3.8) is 0 Å². The lowest BCUT2D eigenvalue weighted by Crippen LogP contribution is -2.39. The van der Waals surface area contributed by atoms with Crippen LogP contribution in [0.1, 0.15) is 26.2 Å².